The van der Waals surface area contributed by atoms with Gasteiger partial charge in [-0.2, -0.15) is 0 Å². The van der Waals surface area contributed by atoms with Gasteiger partial charge in [-0.1, -0.05) is 0 Å². The van der Waals surface area contributed by atoms with Crippen molar-refractivity contribution in [3.63, 3.8) is 0 Å². The molecule has 0 radical (unpaired) electrons. The van der Waals surface area contributed by atoms with E-state index in [2.05, 4.69) is 9.71 Å². The first-order valence-corrected chi connectivity index (χ1v) is 10.4. The molecule has 0 atom stereocenters. The minimum absolute atomic E-state index is 0.0335. The number of nitrogens with two attached hydrogens (primary N) is 1. The molecular formula is C14H17N3O5S2. The van der Waals surface area contributed by atoms with Gasteiger partial charge >= 0.3 is 0 Å². The van der Waals surface area contributed by atoms with Crippen molar-refractivity contribution in [2.75, 3.05) is 18.6 Å². The number of amides is 1. The fraction of sp³-hybridized carbons (Fsp3) is 0.286. The molecule has 2 rings (SSSR count). The zero-order valence-corrected chi connectivity index (χ0v) is 14.7. The van der Waals surface area contributed by atoms with Gasteiger partial charge in [-0.05, 0) is 30.7 Å². The zero-order valence-electron chi connectivity index (χ0n) is 13.1. The van der Waals surface area contributed by atoms with Crippen LogP contribution in [0.15, 0.2) is 29.3 Å². The number of primary amides is 1. The smallest absolute Gasteiger partial charge is 0.250 e. The summed E-state index contributed by atoms with van der Waals surface area (Å²) >= 11 is 0. The average Bonchev–Trinajstić information content (AvgIpc) is 2.44. The van der Waals surface area contributed by atoms with Crippen LogP contribution >= 0.6 is 0 Å². The third-order valence-electron chi connectivity index (χ3n) is 3.33. The van der Waals surface area contributed by atoms with Crippen molar-refractivity contribution < 1.29 is 21.6 Å². The fourth-order valence-corrected chi connectivity index (χ4v) is 4.06. The average molecular weight is 371 g/mol. The van der Waals surface area contributed by atoms with Crippen molar-refractivity contribution in [1.29, 1.82) is 0 Å². The quantitative estimate of drug-likeness (QED) is 0.731. The van der Waals surface area contributed by atoms with Crippen LogP contribution in [0.4, 0.5) is 0 Å². The van der Waals surface area contributed by atoms with Crippen LogP contribution in [0.5, 0.6) is 0 Å². The Morgan fingerprint density at radius 3 is 2.46 bits per heavy atom. The minimum Gasteiger partial charge on any atom is -0.366 e. The van der Waals surface area contributed by atoms with Crippen molar-refractivity contribution >= 4 is 36.7 Å². The van der Waals surface area contributed by atoms with E-state index >= 15 is 0 Å². The molecule has 130 valence electrons. The molecule has 2 aromatic rings. The van der Waals surface area contributed by atoms with Crippen LogP contribution in [0.2, 0.25) is 0 Å². The Hall–Kier alpha value is -2.04. The SMILES string of the molecule is Cc1cc(S(=O)(=O)CCNS(C)(=O)=O)cc2cc(C(N)=O)cnc12. The number of benzene rings is 1. The van der Waals surface area contributed by atoms with E-state index in [9.17, 15) is 21.6 Å². The second-order valence-electron chi connectivity index (χ2n) is 5.39. The fourth-order valence-electron chi connectivity index (χ4n) is 2.19. The Morgan fingerprint density at radius 1 is 1.21 bits per heavy atom. The molecular weight excluding hydrogens is 354 g/mol. The Bertz CT molecular complexity index is 1010. The number of pyridine rings is 1. The molecule has 1 aromatic heterocycles. The standard InChI is InChI=1S/C14H17N3O5S2/c1-9-5-12(24(21,22)4-3-17-23(2,19)20)7-10-6-11(14(15)18)8-16-13(9)10/h5-8,17H,3-4H2,1-2H3,(H2,15,18). The maximum absolute atomic E-state index is 12.4. The Morgan fingerprint density at radius 2 is 1.88 bits per heavy atom. The molecule has 0 aliphatic heterocycles. The molecule has 24 heavy (non-hydrogen) atoms. The lowest BCUT2D eigenvalue weighted by Gasteiger charge is -2.09. The summed E-state index contributed by atoms with van der Waals surface area (Å²) in [5.74, 6) is -1.04. The van der Waals surface area contributed by atoms with E-state index in [4.69, 9.17) is 5.73 Å². The number of sulfonamides is 1. The molecule has 1 aromatic carbocycles. The first-order chi connectivity index (χ1) is 11.0. The molecule has 0 unspecified atom stereocenters. The Kier molecular flexibility index (Phi) is 4.92. The summed E-state index contributed by atoms with van der Waals surface area (Å²) in [5.41, 5.74) is 6.57. The third kappa shape index (κ3) is 4.28. The van der Waals surface area contributed by atoms with Crippen molar-refractivity contribution in [2.24, 2.45) is 5.73 Å². The number of carbonyl (C=O) groups excluding carboxylic acids is 1. The van der Waals surface area contributed by atoms with Crippen molar-refractivity contribution in [3.8, 4) is 0 Å². The molecule has 10 heteroatoms. The predicted octanol–water partition coefficient (Wildman–Crippen LogP) is -0.0350. The second-order valence-corrected chi connectivity index (χ2v) is 9.33. The first kappa shape index (κ1) is 18.3. The lowest BCUT2D eigenvalue weighted by atomic mass is 10.1. The van der Waals surface area contributed by atoms with Gasteiger partial charge < -0.3 is 5.73 Å². The van der Waals surface area contributed by atoms with Gasteiger partial charge in [0, 0.05) is 18.1 Å². The van der Waals surface area contributed by atoms with Crippen molar-refractivity contribution in [2.45, 2.75) is 11.8 Å². The van der Waals surface area contributed by atoms with E-state index < -0.39 is 25.8 Å². The Labute approximate surface area is 140 Å². The molecule has 0 spiro atoms. The summed E-state index contributed by atoms with van der Waals surface area (Å²) in [5, 5.41) is 0.473. The molecule has 1 heterocycles. The van der Waals surface area contributed by atoms with Gasteiger partial charge in [-0.25, -0.2) is 21.6 Å². The van der Waals surface area contributed by atoms with Gasteiger partial charge in [-0.15, -0.1) is 0 Å². The topological polar surface area (TPSA) is 136 Å². The number of aryl methyl sites for hydroxylation is 1. The van der Waals surface area contributed by atoms with Gasteiger partial charge in [0.25, 0.3) is 0 Å². The summed E-state index contributed by atoms with van der Waals surface area (Å²) in [7, 11) is -7.16. The number of sulfone groups is 1. The summed E-state index contributed by atoms with van der Waals surface area (Å²) in [6.45, 7) is 1.48. The normalized spacial score (nSPS) is 12.4. The summed E-state index contributed by atoms with van der Waals surface area (Å²) in [4.78, 5) is 15.4. The van der Waals surface area contributed by atoms with E-state index in [0.29, 0.717) is 16.5 Å². The van der Waals surface area contributed by atoms with Crippen LogP contribution in [0, 0.1) is 6.92 Å². The minimum atomic E-state index is -3.70. The monoisotopic (exact) mass is 371 g/mol. The number of aromatic nitrogens is 1. The number of carbonyl (C=O) groups is 1. The van der Waals surface area contributed by atoms with Crippen LogP contribution in [-0.4, -0.2) is 46.3 Å². The van der Waals surface area contributed by atoms with Crippen molar-refractivity contribution in [1.82, 2.24) is 9.71 Å². The second kappa shape index (κ2) is 6.46. The molecule has 0 saturated heterocycles. The molecule has 1 amide bonds. The number of nitrogens with one attached hydrogen (secondary N) is 1. The molecule has 0 aliphatic rings. The number of hydrogen-bond donors (Lipinski definition) is 2. The number of hydrogen-bond acceptors (Lipinski definition) is 6. The summed E-state index contributed by atoms with van der Waals surface area (Å²) in [6, 6.07) is 4.35. The molecule has 0 saturated carbocycles. The Balaban J connectivity index is 2.42. The van der Waals surface area contributed by atoms with Crippen LogP contribution < -0.4 is 10.5 Å². The lowest BCUT2D eigenvalue weighted by Crippen LogP contribution is -2.28. The van der Waals surface area contributed by atoms with Crippen LogP contribution in [0.3, 0.4) is 0 Å². The van der Waals surface area contributed by atoms with E-state index in [0.717, 1.165) is 6.26 Å². The predicted molar refractivity (Wildman–Crippen MR) is 89.9 cm³/mol. The molecule has 0 aliphatic carbocycles. The van der Waals surface area contributed by atoms with Gasteiger partial charge in [0.15, 0.2) is 9.84 Å². The largest absolute Gasteiger partial charge is 0.366 e. The van der Waals surface area contributed by atoms with Crippen LogP contribution in [-0.2, 0) is 19.9 Å². The highest BCUT2D eigenvalue weighted by molar-refractivity contribution is 7.91. The highest BCUT2D eigenvalue weighted by Gasteiger charge is 2.17. The maximum atomic E-state index is 12.4. The first-order valence-electron chi connectivity index (χ1n) is 6.87. The number of nitrogens with zero attached hydrogens (tertiary/aromatic N) is 1. The van der Waals surface area contributed by atoms with Gasteiger partial charge in [-0.3, -0.25) is 9.78 Å². The van der Waals surface area contributed by atoms with Crippen LogP contribution in [0.1, 0.15) is 15.9 Å². The van der Waals surface area contributed by atoms with Crippen LogP contribution in [0.25, 0.3) is 10.9 Å². The lowest BCUT2D eigenvalue weighted by molar-refractivity contribution is 0.1000. The zero-order chi connectivity index (χ0) is 18.1. The molecule has 3 N–H and O–H groups in total. The van der Waals surface area contributed by atoms with E-state index in [1.807, 2.05) is 0 Å². The highest BCUT2D eigenvalue weighted by atomic mass is 32.2. The highest BCUT2D eigenvalue weighted by Crippen LogP contribution is 2.23. The third-order valence-corrected chi connectivity index (χ3v) is 5.75. The summed E-state index contributed by atoms with van der Waals surface area (Å²) < 4.78 is 49.0. The van der Waals surface area contributed by atoms with Gasteiger partial charge in [0.2, 0.25) is 15.9 Å². The number of fused-ring (bicyclic) bond motifs is 1. The van der Waals surface area contributed by atoms with Gasteiger partial charge in [0.1, 0.15) is 0 Å². The molecule has 8 nitrogen and oxygen atoms in total. The molecule has 0 bridgehead atoms. The number of rotatable bonds is 6. The van der Waals surface area contributed by atoms with E-state index in [1.165, 1.54) is 24.4 Å². The maximum Gasteiger partial charge on any atom is 0.250 e. The van der Waals surface area contributed by atoms with Gasteiger partial charge in [0.05, 0.1) is 28.0 Å². The van der Waals surface area contributed by atoms with E-state index in [-0.39, 0.29) is 22.8 Å². The van der Waals surface area contributed by atoms with E-state index in [1.54, 1.807) is 6.92 Å². The summed E-state index contributed by atoms with van der Waals surface area (Å²) in [6.07, 6.45) is 2.29. The van der Waals surface area contributed by atoms with Crippen molar-refractivity contribution in [3.05, 3.63) is 35.5 Å². The molecule has 0 fully saturated rings.